The fourth-order valence-corrected chi connectivity index (χ4v) is 4.10. The molecule has 10 nitrogen and oxygen atoms in total. The molecule has 0 atom stereocenters. The van der Waals surface area contributed by atoms with Crippen molar-refractivity contribution in [3.05, 3.63) is 65.7 Å². The topological polar surface area (TPSA) is 125 Å². The molecule has 2 heterocycles. The lowest BCUT2D eigenvalue weighted by Gasteiger charge is -2.27. The molecular weight excluding hydrogens is 446 g/mol. The number of aromatic nitrogens is 2. The first-order valence-electron chi connectivity index (χ1n) is 10.2. The van der Waals surface area contributed by atoms with Crippen LogP contribution in [0.4, 0.5) is 5.13 Å². The van der Waals surface area contributed by atoms with Crippen LogP contribution < -0.4 is 10.4 Å². The summed E-state index contributed by atoms with van der Waals surface area (Å²) in [6.45, 7) is 2.30. The SMILES string of the molecule is O=C(CN1CCOCC1)NN(C(=O)c1ccccc1C(=O)O)c1nnc(-c2ccccc2)s1. The average molecular weight is 468 g/mol. The number of hydrazine groups is 1. The first kappa shape index (κ1) is 22.5. The molecule has 1 fully saturated rings. The smallest absolute Gasteiger partial charge is 0.336 e. The highest BCUT2D eigenvalue weighted by molar-refractivity contribution is 7.18. The minimum absolute atomic E-state index is 0.0536. The minimum atomic E-state index is -1.25. The number of nitrogens with one attached hydrogen (secondary N) is 1. The van der Waals surface area contributed by atoms with Crippen molar-refractivity contribution in [3.8, 4) is 10.6 Å². The minimum Gasteiger partial charge on any atom is -0.478 e. The summed E-state index contributed by atoms with van der Waals surface area (Å²) in [5, 5.41) is 19.4. The van der Waals surface area contributed by atoms with Crippen LogP contribution in [0.2, 0.25) is 0 Å². The van der Waals surface area contributed by atoms with E-state index in [4.69, 9.17) is 4.74 Å². The molecule has 0 saturated carbocycles. The van der Waals surface area contributed by atoms with Gasteiger partial charge in [-0.15, -0.1) is 10.2 Å². The molecule has 1 saturated heterocycles. The summed E-state index contributed by atoms with van der Waals surface area (Å²) in [7, 11) is 0. The van der Waals surface area contributed by atoms with E-state index in [1.807, 2.05) is 35.2 Å². The number of morpholine rings is 1. The molecular formula is C22H21N5O5S. The summed E-state index contributed by atoms with van der Waals surface area (Å²) < 4.78 is 5.30. The Labute approximate surface area is 193 Å². The third kappa shape index (κ3) is 5.40. The molecule has 4 rings (SSSR count). The molecule has 0 bridgehead atoms. The van der Waals surface area contributed by atoms with Gasteiger partial charge in [-0.25, -0.2) is 4.79 Å². The third-order valence-corrected chi connectivity index (χ3v) is 5.88. The van der Waals surface area contributed by atoms with E-state index in [-0.39, 0.29) is 22.8 Å². The molecule has 2 aromatic carbocycles. The van der Waals surface area contributed by atoms with E-state index in [1.165, 1.54) is 18.2 Å². The van der Waals surface area contributed by atoms with E-state index in [1.54, 1.807) is 6.07 Å². The zero-order chi connectivity index (χ0) is 23.2. The van der Waals surface area contributed by atoms with Gasteiger partial charge in [-0.3, -0.25) is 19.9 Å². The van der Waals surface area contributed by atoms with Gasteiger partial charge >= 0.3 is 5.97 Å². The molecule has 0 spiro atoms. The van der Waals surface area contributed by atoms with Crippen LogP contribution in [0.15, 0.2) is 54.6 Å². The molecule has 2 N–H and O–H groups in total. The number of aromatic carboxylic acids is 1. The third-order valence-electron chi connectivity index (χ3n) is 4.92. The summed E-state index contributed by atoms with van der Waals surface area (Å²) in [6, 6.07) is 15.1. The van der Waals surface area contributed by atoms with Gasteiger partial charge in [0.25, 0.3) is 11.8 Å². The van der Waals surface area contributed by atoms with Crippen molar-refractivity contribution in [2.75, 3.05) is 37.9 Å². The van der Waals surface area contributed by atoms with Crippen LogP contribution in [0, 0.1) is 0 Å². The summed E-state index contributed by atoms with van der Waals surface area (Å²) >= 11 is 1.11. The van der Waals surface area contributed by atoms with E-state index >= 15 is 0 Å². The lowest BCUT2D eigenvalue weighted by atomic mass is 10.1. The number of hydrogen-bond donors (Lipinski definition) is 2. The number of carboxylic acid groups (broad SMARTS) is 1. The lowest BCUT2D eigenvalue weighted by Crippen LogP contribution is -2.51. The fraction of sp³-hybridized carbons (Fsp3) is 0.227. The standard InChI is InChI=1S/C22H21N5O5S/c28-18(14-26-10-12-32-13-11-26)25-27(20(29)16-8-4-5-9-17(16)21(30)31)22-24-23-19(33-22)15-6-2-1-3-7-15/h1-9H,10-14H2,(H,25,28)(H,30,31). The van der Waals surface area contributed by atoms with E-state index in [0.29, 0.717) is 31.3 Å². The molecule has 1 aliphatic heterocycles. The van der Waals surface area contributed by atoms with Crippen molar-refractivity contribution in [3.63, 3.8) is 0 Å². The Morgan fingerprint density at radius 2 is 1.67 bits per heavy atom. The first-order valence-corrected chi connectivity index (χ1v) is 11.0. The van der Waals surface area contributed by atoms with Crippen molar-refractivity contribution in [1.29, 1.82) is 0 Å². The van der Waals surface area contributed by atoms with E-state index in [2.05, 4.69) is 15.6 Å². The molecule has 2 amide bonds. The molecule has 0 unspecified atom stereocenters. The summed E-state index contributed by atoms with van der Waals surface area (Å²) in [5.74, 6) is -2.41. The Morgan fingerprint density at radius 3 is 2.36 bits per heavy atom. The second kappa shape index (κ2) is 10.3. The highest BCUT2D eigenvalue weighted by Gasteiger charge is 2.28. The van der Waals surface area contributed by atoms with Gasteiger partial charge < -0.3 is 9.84 Å². The van der Waals surface area contributed by atoms with Crippen LogP contribution in [-0.4, -0.2) is 70.8 Å². The van der Waals surface area contributed by atoms with Crippen molar-refractivity contribution in [1.82, 2.24) is 20.5 Å². The van der Waals surface area contributed by atoms with Gasteiger partial charge in [-0.2, -0.15) is 5.01 Å². The second-order valence-electron chi connectivity index (χ2n) is 7.17. The molecule has 0 radical (unpaired) electrons. The predicted molar refractivity (Wildman–Crippen MR) is 121 cm³/mol. The van der Waals surface area contributed by atoms with Crippen molar-refractivity contribution >= 4 is 34.3 Å². The van der Waals surface area contributed by atoms with Crippen LogP contribution in [0.3, 0.4) is 0 Å². The van der Waals surface area contributed by atoms with Crippen LogP contribution in [0.25, 0.3) is 10.6 Å². The van der Waals surface area contributed by atoms with Crippen LogP contribution in [0.1, 0.15) is 20.7 Å². The largest absolute Gasteiger partial charge is 0.478 e. The number of amides is 2. The molecule has 170 valence electrons. The monoisotopic (exact) mass is 467 g/mol. The van der Waals surface area contributed by atoms with Gasteiger partial charge in [0.15, 0.2) is 0 Å². The summed E-state index contributed by atoms with van der Waals surface area (Å²) in [6.07, 6.45) is 0. The number of anilines is 1. The maximum atomic E-state index is 13.4. The van der Waals surface area contributed by atoms with Crippen LogP contribution in [-0.2, 0) is 9.53 Å². The Bertz CT molecular complexity index is 1150. The number of nitrogens with zero attached hydrogens (tertiary/aromatic N) is 4. The van der Waals surface area contributed by atoms with Crippen molar-refractivity contribution in [2.24, 2.45) is 0 Å². The second-order valence-corrected chi connectivity index (χ2v) is 8.13. The number of carboxylic acids is 1. The van der Waals surface area contributed by atoms with Crippen LogP contribution >= 0.6 is 11.3 Å². The van der Waals surface area contributed by atoms with Crippen LogP contribution in [0.5, 0.6) is 0 Å². The van der Waals surface area contributed by atoms with Gasteiger partial charge in [0, 0.05) is 18.7 Å². The van der Waals surface area contributed by atoms with E-state index < -0.39 is 17.8 Å². The molecule has 33 heavy (non-hydrogen) atoms. The first-order chi connectivity index (χ1) is 16.0. The average Bonchev–Trinajstić information content (AvgIpc) is 3.33. The number of rotatable bonds is 6. The highest BCUT2D eigenvalue weighted by Crippen LogP contribution is 2.29. The summed E-state index contributed by atoms with van der Waals surface area (Å²) in [4.78, 5) is 39.7. The highest BCUT2D eigenvalue weighted by atomic mass is 32.1. The van der Waals surface area contributed by atoms with Gasteiger partial charge in [0.1, 0.15) is 5.01 Å². The zero-order valence-corrected chi connectivity index (χ0v) is 18.3. The molecule has 1 aliphatic rings. The molecule has 11 heteroatoms. The molecule has 0 aliphatic carbocycles. The maximum Gasteiger partial charge on any atom is 0.336 e. The quantitative estimate of drug-likeness (QED) is 0.527. The Morgan fingerprint density at radius 1 is 1.00 bits per heavy atom. The number of ether oxygens (including phenoxy) is 1. The lowest BCUT2D eigenvalue weighted by molar-refractivity contribution is -0.123. The number of carbonyl (C=O) groups excluding carboxylic acids is 2. The molecule has 3 aromatic rings. The van der Waals surface area contributed by atoms with Crippen molar-refractivity contribution in [2.45, 2.75) is 0 Å². The Hall–Kier alpha value is -3.67. The fourth-order valence-electron chi connectivity index (χ4n) is 3.29. The maximum absolute atomic E-state index is 13.4. The van der Waals surface area contributed by atoms with Gasteiger partial charge in [-0.05, 0) is 12.1 Å². The Kier molecular flexibility index (Phi) is 7.03. The van der Waals surface area contributed by atoms with Gasteiger partial charge in [-0.1, -0.05) is 53.8 Å². The molecule has 1 aromatic heterocycles. The number of hydrogen-bond acceptors (Lipinski definition) is 8. The predicted octanol–water partition coefficient (Wildman–Crippen LogP) is 1.91. The van der Waals surface area contributed by atoms with E-state index in [0.717, 1.165) is 21.9 Å². The normalized spacial score (nSPS) is 13.9. The Balaban J connectivity index is 1.64. The van der Waals surface area contributed by atoms with Gasteiger partial charge in [0.2, 0.25) is 5.13 Å². The number of carbonyl (C=O) groups is 3. The van der Waals surface area contributed by atoms with Crippen molar-refractivity contribution < 1.29 is 24.2 Å². The van der Waals surface area contributed by atoms with Gasteiger partial charge in [0.05, 0.1) is 30.9 Å². The zero-order valence-electron chi connectivity index (χ0n) is 17.5. The number of benzene rings is 2. The summed E-state index contributed by atoms with van der Waals surface area (Å²) in [5.41, 5.74) is 3.14. The van der Waals surface area contributed by atoms with E-state index in [9.17, 15) is 19.5 Å².